The van der Waals surface area contributed by atoms with E-state index in [0.29, 0.717) is 5.15 Å². The minimum atomic E-state index is 0.128. The average Bonchev–Trinajstić information content (AvgIpc) is 2.48. The van der Waals surface area contributed by atoms with Gasteiger partial charge in [0.25, 0.3) is 0 Å². The Morgan fingerprint density at radius 2 is 1.77 bits per heavy atom. The van der Waals surface area contributed by atoms with Gasteiger partial charge in [0, 0.05) is 17.1 Å². The molecule has 3 rings (SSSR count). The lowest BCUT2D eigenvalue weighted by Gasteiger charge is -2.13. The minimum Gasteiger partial charge on any atom is -0.491 e. The number of pyridine rings is 1. The van der Waals surface area contributed by atoms with Gasteiger partial charge >= 0.3 is 0 Å². The monoisotopic (exact) mass is 311 g/mol. The molecule has 0 unspecified atom stereocenters. The molecule has 2 nitrogen and oxygen atoms in total. The molecule has 2 aromatic carbocycles. The molecule has 0 saturated heterocycles. The third-order valence-electron chi connectivity index (χ3n) is 3.62. The average molecular weight is 312 g/mol. The molecule has 112 valence electrons. The van der Waals surface area contributed by atoms with Crippen molar-refractivity contribution in [2.45, 2.75) is 26.9 Å². The van der Waals surface area contributed by atoms with Crippen LogP contribution in [-0.4, -0.2) is 11.1 Å². The zero-order valence-corrected chi connectivity index (χ0v) is 13.7. The lowest BCUT2D eigenvalue weighted by molar-refractivity contribution is 0.243. The van der Waals surface area contributed by atoms with Crippen LogP contribution in [0.2, 0.25) is 5.15 Å². The molecule has 0 radical (unpaired) electrons. The molecule has 0 spiro atoms. The number of nitrogens with zero attached hydrogens (tertiary/aromatic N) is 1. The molecule has 1 heterocycles. The summed E-state index contributed by atoms with van der Waals surface area (Å²) in [6, 6.07) is 14.3. The highest BCUT2D eigenvalue weighted by Crippen LogP contribution is 2.35. The van der Waals surface area contributed by atoms with E-state index >= 15 is 0 Å². The largest absolute Gasteiger partial charge is 0.491 e. The predicted octanol–water partition coefficient (Wildman–Crippen LogP) is 5.65. The van der Waals surface area contributed by atoms with Crippen LogP contribution in [0.1, 0.15) is 19.4 Å². The van der Waals surface area contributed by atoms with E-state index in [4.69, 9.17) is 16.3 Å². The Bertz CT molecular complexity index is 827. The minimum absolute atomic E-state index is 0.128. The highest BCUT2D eigenvalue weighted by Gasteiger charge is 2.11. The van der Waals surface area contributed by atoms with Gasteiger partial charge < -0.3 is 4.74 Å². The number of hydrogen-bond acceptors (Lipinski definition) is 2. The number of benzene rings is 2. The summed E-state index contributed by atoms with van der Waals surface area (Å²) >= 11 is 6.30. The summed E-state index contributed by atoms with van der Waals surface area (Å²) in [7, 11) is 0. The standard InChI is InChI=1S/C19H18ClNO/c1-12(2)22-14-8-9-16-17(10-14)19(20)21-11-18(16)15-7-5-4-6-13(15)3/h4-12H,1-3H3. The third-order valence-corrected chi connectivity index (χ3v) is 3.92. The van der Waals surface area contributed by atoms with Crippen LogP contribution < -0.4 is 4.74 Å². The Balaban J connectivity index is 2.21. The molecule has 0 aliphatic carbocycles. The van der Waals surface area contributed by atoms with Gasteiger partial charge in [-0.25, -0.2) is 4.98 Å². The van der Waals surface area contributed by atoms with Crippen molar-refractivity contribution in [2.24, 2.45) is 0 Å². The van der Waals surface area contributed by atoms with Crippen molar-refractivity contribution in [3.8, 4) is 16.9 Å². The number of rotatable bonds is 3. The van der Waals surface area contributed by atoms with Gasteiger partial charge in [0.2, 0.25) is 0 Å². The summed E-state index contributed by atoms with van der Waals surface area (Å²) < 4.78 is 5.76. The first-order valence-electron chi connectivity index (χ1n) is 7.37. The normalized spacial score (nSPS) is 11.1. The van der Waals surface area contributed by atoms with Gasteiger partial charge in [-0.05, 0) is 55.5 Å². The lowest BCUT2D eigenvalue weighted by atomic mass is 9.97. The molecule has 3 aromatic rings. The molecule has 3 heteroatoms. The maximum atomic E-state index is 6.30. The molecule has 0 N–H and O–H groups in total. The van der Waals surface area contributed by atoms with E-state index in [1.165, 1.54) is 11.1 Å². The molecular weight excluding hydrogens is 294 g/mol. The number of aryl methyl sites for hydroxylation is 1. The Labute approximate surface area is 135 Å². The number of halogens is 1. The van der Waals surface area contributed by atoms with Gasteiger partial charge in [0.05, 0.1) is 6.10 Å². The van der Waals surface area contributed by atoms with Crippen molar-refractivity contribution >= 4 is 22.4 Å². The number of aromatic nitrogens is 1. The first-order chi connectivity index (χ1) is 10.6. The third kappa shape index (κ3) is 2.79. The van der Waals surface area contributed by atoms with Crippen molar-refractivity contribution in [2.75, 3.05) is 0 Å². The summed E-state index contributed by atoms with van der Waals surface area (Å²) in [6.45, 7) is 6.12. The zero-order chi connectivity index (χ0) is 15.7. The van der Waals surface area contributed by atoms with E-state index in [1.54, 1.807) is 0 Å². The van der Waals surface area contributed by atoms with Gasteiger partial charge in [-0.3, -0.25) is 0 Å². The van der Waals surface area contributed by atoms with E-state index in [2.05, 4.69) is 30.1 Å². The van der Waals surface area contributed by atoms with Crippen LogP contribution in [0.4, 0.5) is 0 Å². The van der Waals surface area contributed by atoms with Crippen molar-refractivity contribution in [3.63, 3.8) is 0 Å². The Kier molecular flexibility index (Phi) is 4.04. The van der Waals surface area contributed by atoms with Gasteiger partial charge in [-0.2, -0.15) is 0 Å². The van der Waals surface area contributed by atoms with Crippen LogP contribution in [-0.2, 0) is 0 Å². The molecule has 0 aliphatic heterocycles. The second-order valence-corrected chi connectivity index (χ2v) is 6.01. The summed E-state index contributed by atoms with van der Waals surface area (Å²) in [6.07, 6.45) is 1.97. The molecule has 0 aliphatic rings. The van der Waals surface area contributed by atoms with Crippen molar-refractivity contribution in [1.82, 2.24) is 4.98 Å². The molecule has 0 atom stereocenters. The molecule has 0 fully saturated rings. The van der Waals surface area contributed by atoms with E-state index < -0.39 is 0 Å². The fraction of sp³-hybridized carbons (Fsp3) is 0.211. The highest BCUT2D eigenvalue weighted by molar-refractivity contribution is 6.34. The summed E-state index contributed by atoms with van der Waals surface area (Å²) in [5.74, 6) is 0.813. The summed E-state index contributed by atoms with van der Waals surface area (Å²) in [4.78, 5) is 4.35. The van der Waals surface area contributed by atoms with Crippen molar-refractivity contribution in [1.29, 1.82) is 0 Å². The van der Waals surface area contributed by atoms with Crippen LogP contribution in [0.3, 0.4) is 0 Å². The quantitative estimate of drug-likeness (QED) is 0.583. The maximum absolute atomic E-state index is 6.30. The predicted molar refractivity (Wildman–Crippen MR) is 92.7 cm³/mol. The van der Waals surface area contributed by atoms with Crippen LogP contribution in [0.15, 0.2) is 48.7 Å². The Hall–Kier alpha value is -2.06. The number of ether oxygens (including phenoxy) is 1. The molecule has 1 aromatic heterocycles. The van der Waals surface area contributed by atoms with Crippen LogP contribution in [0.25, 0.3) is 21.9 Å². The molecular formula is C19H18ClNO. The first-order valence-corrected chi connectivity index (χ1v) is 7.75. The van der Waals surface area contributed by atoms with Crippen molar-refractivity contribution in [3.05, 3.63) is 59.4 Å². The van der Waals surface area contributed by atoms with E-state index in [1.807, 2.05) is 44.3 Å². The van der Waals surface area contributed by atoms with E-state index in [9.17, 15) is 0 Å². The van der Waals surface area contributed by atoms with Crippen LogP contribution in [0, 0.1) is 6.92 Å². The second-order valence-electron chi connectivity index (χ2n) is 5.65. The topological polar surface area (TPSA) is 22.1 Å². The Morgan fingerprint density at radius 3 is 2.50 bits per heavy atom. The molecule has 0 saturated carbocycles. The fourth-order valence-corrected chi connectivity index (χ4v) is 2.83. The lowest BCUT2D eigenvalue weighted by Crippen LogP contribution is -2.05. The van der Waals surface area contributed by atoms with E-state index in [-0.39, 0.29) is 6.10 Å². The smallest absolute Gasteiger partial charge is 0.137 e. The van der Waals surface area contributed by atoms with Gasteiger partial charge in [0.1, 0.15) is 10.9 Å². The highest BCUT2D eigenvalue weighted by atomic mass is 35.5. The van der Waals surface area contributed by atoms with Crippen LogP contribution in [0.5, 0.6) is 5.75 Å². The second kappa shape index (κ2) is 5.98. The van der Waals surface area contributed by atoms with Gasteiger partial charge in [-0.15, -0.1) is 0 Å². The fourth-order valence-electron chi connectivity index (χ4n) is 2.62. The van der Waals surface area contributed by atoms with E-state index in [0.717, 1.165) is 22.1 Å². The summed E-state index contributed by atoms with van der Waals surface area (Å²) in [5.41, 5.74) is 3.48. The number of hydrogen-bond donors (Lipinski definition) is 0. The van der Waals surface area contributed by atoms with Crippen molar-refractivity contribution < 1.29 is 4.74 Å². The van der Waals surface area contributed by atoms with Gasteiger partial charge in [0.15, 0.2) is 0 Å². The molecule has 0 bridgehead atoms. The molecule has 22 heavy (non-hydrogen) atoms. The number of fused-ring (bicyclic) bond motifs is 1. The van der Waals surface area contributed by atoms with Gasteiger partial charge in [-0.1, -0.05) is 35.9 Å². The summed E-state index contributed by atoms with van der Waals surface area (Å²) in [5, 5.41) is 2.51. The first kappa shape index (κ1) is 14.9. The molecule has 0 amide bonds. The zero-order valence-electron chi connectivity index (χ0n) is 12.9. The van der Waals surface area contributed by atoms with Crippen LogP contribution >= 0.6 is 11.6 Å². The maximum Gasteiger partial charge on any atom is 0.137 e. The Morgan fingerprint density at radius 1 is 1.00 bits per heavy atom. The SMILES string of the molecule is Cc1ccccc1-c1cnc(Cl)c2cc(OC(C)C)ccc12.